The topological polar surface area (TPSA) is 77.1 Å². The lowest BCUT2D eigenvalue weighted by atomic mass is 10.1. The Morgan fingerprint density at radius 1 is 1.20 bits per heavy atom. The Morgan fingerprint density at radius 3 is 2.52 bits per heavy atom. The second kappa shape index (κ2) is 8.52. The second-order valence-corrected chi connectivity index (χ2v) is 8.69. The molecule has 7 heteroatoms. The van der Waals surface area contributed by atoms with E-state index in [9.17, 15) is 9.46 Å². The summed E-state index contributed by atoms with van der Waals surface area (Å²) in [6.45, 7) is 2.06. The van der Waals surface area contributed by atoms with Crippen molar-refractivity contribution in [3.63, 3.8) is 0 Å². The van der Waals surface area contributed by atoms with Gasteiger partial charge in [0.2, 0.25) is 0 Å². The van der Waals surface area contributed by atoms with Gasteiger partial charge in [-0.25, -0.2) is 0 Å². The molecule has 0 bridgehead atoms. The van der Waals surface area contributed by atoms with Gasteiger partial charge in [-0.15, -0.1) is 11.8 Å². The van der Waals surface area contributed by atoms with Crippen LogP contribution in [0.15, 0.2) is 0 Å². The predicted octanol–water partition coefficient (Wildman–Crippen LogP) is 2.51. The Morgan fingerprint density at radius 2 is 1.88 bits per heavy atom. The lowest BCUT2D eigenvalue weighted by Crippen LogP contribution is -2.29. The standard InChI is InChI=1S/C18H29O6P/c1-13-11-17(21-2)18(24-13)12-23-25(19,20)22-10-9-16-14-7-5-3-4-6-8-15(14)16/h13-18H,5-12H2,1-2H3,(H,19,20)/p-1/t13-,14-,15+,16?,17?,18+/m0/s1. The average molecular weight is 371 g/mol. The maximum Gasteiger partial charge on any atom is 0.267 e. The number of ether oxygens (including phenoxy) is 2. The molecule has 1 aliphatic heterocycles. The molecule has 0 aromatic carbocycles. The highest BCUT2D eigenvalue weighted by Gasteiger charge is 2.48. The van der Waals surface area contributed by atoms with E-state index in [1.165, 1.54) is 0 Å². The summed E-state index contributed by atoms with van der Waals surface area (Å²) >= 11 is 0. The molecule has 1 saturated carbocycles. The molecule has 142 valence electrons. The molecule has 0 spiro atoms. The maximum absolute atomic E-state index is 12.0. The molecule has 7 atom stereocenters. The van der Waals surface area contributed by atoms with Gasteiger partial charge in [0.15, 0.2) is 0 Å². The Labute approximate surface area is 150 Å². The summed E-state index contributed by atoms with van der Waals surface area (Å²) in [4.78, 5) is 12.0. The van der Waals surface area contributed by atoms with Crippen LogP contribution in [-0.2, 0) is 23.1 Å². The van der Waals surface area contributed by atoms with Crippen molar-refractivity contribution < 1.29 is 28.0 Å². The minimum Gasteiger partial charge on any atom is -0.756 e. The third-order valence-corrected chi connectivity index (χ3v) is 6.59. The van der Waals surface area contributed by atoms with Gasteiger partial charge < -0.3 is 23.4 Å². The SMILES string of the molecule is COC1C[C@H](C)O[C@@H]1COP(=O)([O-])OCCC1[C@H]2CCC#CCC[C@@H]12. The van der Waals surface area contributed by atoms with Gasteiger partial charge in [-0.3, -0.25) is 4.57 Å². The zero-order valence-electron chi connectivity index (χ0n) is 15.0. The van der Waals surface area contributed by atoms with E-state index in [1.807, 2.05) is 6.92 Å². The highest BCUT2D eigenvalue weighted by Crippen LogP contribution is 2.54. The summed E-state index contributed by atoms with van der Waals surface area (Å²) in [6.07, 6.45) is 5.22. The lowest BCUT2D eigenvalue weighted by Gasteiger charge is -2.25. The van der Waals surface area contributed by atoms with Crippen LogP contribution in [0.2, 0.25) is 0 Å². The van der Waals surface area contributed by atoms with Crippen LogP contribution >= 0.6 is 7.82 Å². The molecule has 0 aromatic rings. The molecule has 1 saturated heterocycles. The minimum atomic E-state index is -4.30. The first-order valence-electron chi connectivity index (χ1n) is 9.24. The molecule has 0 amide bonds. The fraction of sp³-hybridized carbons (Fsp3) is 0.889. The zero-order valence-corrected chi connectivity index (χ0v) is 15.9. The molecule has 1 heterocycles. The summed E-state index contributed by atoms with van der Waals surface area (Å²) in [5.41, 5.74) is 0. The van der Waals surface area contributed by atoms with Gasteiger partial charge >= 0.3 is 0 Å². The van der Waals surface area contributed by atoms with Gasteiger partial charge in [0.25, 0.3) is 7.82 Å². The molecule has 3 aliphatic rings. The van der Waals surface area contributed by atoms with Crippen LogP contribution in [0.1, 0.15) is 45.4 Å². The molecular formula is C18H28O6P-. The van der Waals surface area contributed by atoms with Gasteiger partial charge in [-0.2, -0.15) is 0 Å². The van der Waals surface area contributed by atoms with Gasteiger partial charge in [0, 0.05) is 26.4 Å². The van der Waals surface area contributed by atoms with Crippen LogP contribution in [0.25, 0.3) is 0 Å². The highest BCUT2D eigenvalue weighted by atomic mass is 31.2. The van der Waals surface area contributed by atoms with Crippen molar-refractivity contribution in [1.29, 1.82) is 0 Å². The van der Waals surface area contributed by atoms with E-state index < -0.39 is 7.82 Å². The van der Waals surface area contributed by atoms with Gasteiger partial charge in [-0.1, -0.05) is 0 Å². The molecular weight excluding hydrogens is 343 g/mol. The van der Waals surface area contributed by atoms with E-state index in [-0.39, 0.29) is 31.5 Å². The monoisotopic (exact) mass is 371 g/mol. The summed E-state index contributed by atoms with van der Waals surface area (Å²) in [5, 5.41) is 0. The Bertz CT molecular complexity index is 538. The second-order valence-electron chi connectivity index (χ2n) is 7.28. The van der Waals surface area contributed by atoms with Crippen molar-refractivity contribution in [2.45, 2.75) is 63.8 Å². The third-order valence-electron chi connectivity index (χ3n) is 5.63. The maximum atomic E-state index is 12.0. The van der Waals surface area contributed by atoms with E-state index >= 15 is 0 Å². The molecule has 2 aliphatic carbocycles. The van der Waals surface area contributed by atoms with Crippen LogP contribution in [0, 0.1) is 29.6 Å². The Hall–Kier alpha value is -0.410. The normalized spacial score (nSPS) is 39.5. The first-order valence-corrected chi connectivity index (χ1v) is 10.7. The molecule has 3 rings (SSSR count). The Balaban J connectivity index is 1.36. The van der Waals surface area contributed by atoms with E-state index in [0.717, 1.165) is 38.5 Å². The number of phosphoric ester groups is 1. The van der Waals surface area contributed by atoms with E-state index in [1.54, 1.807) is 7.11 Å². The van der Waals surface area contributed by atoms with Crippen LogP contribution < -0.4 is 4.89 Å². The number of phosphoric acid groups is 1. The molecule has 6 nitrogen and oxygen atoms in total. The summed E-state index contributed by atoms with van der Waals surface area (Å²) in [7, 11) is -2.70. The van der Waals surface area contributed by atoms with Crippen LogP contribution in [0.5, 0.6) is 0 Å². The lowest BCUT2D eigenvalue weighted by molar-refractivity contribution is -0.228. The van der Waals surface area contributed by atoms with Crippen molar-refractivity contribution in [3.8, 4) is 11.8 Å². The number of methoxy groups -OCH3 is 1. The number of hydrogen-bond donors (Lipinski definition) is 0. The first-order chi connectivity index (χ1) is 12.0. The van der Waals surface area contributed by atoms with Crippen molar-refractivity contribution in [3.05, 3.63) is 0 Å². The molecule has 0 radical (unpaired) electrons. The fourth-order valence-electron chi connectivity index (χ4n) is 4.28. The molecule has 0 N–H and O–H groups in total. The van der Waals surface area contributed by atoms with Crippen molar-refractivity contribution in [1.82, 2.24) is 0 Å². The van der Waals surface area contributed by atoms with Gasteiger partial charge in [0.1, 0.15) is 6.10 Å². The van der Waals surface area contributed by atoms with E-state index in [4.69, 9.17) is 18.5 Å². The average Bonchev–Trinajstić information content (AvgIpc) is 3.02. The van der Waals surface area contributed by atoms with Crippen molar-refractivity contribution in [2.75, 3.05) is 20.3 Å². The summed E-state index contributed by atoms with van der Waals surface area (Å²) in [5.74, 6) is 8.32. The van der Waals surface area contributed by atoms with Gasteiger partial charge in [-0.05, 0) is 43.9 Å². The van der Waals surface area contributed by atoms with Crippen molar-refractivity contribution >= 4 is 7.82 Å². The van der Waals surface area contributed by atoms with Crippen LogP contribution in [0.3, 0.4) is 0 Å². The Kier molecular flexibility index (Phi) is 6.60. The largest absolute Gasteiger partial charge is 0.756 e. The number of fused-ring (bicyclic) bond motifs is 1. The number of hydrogen-bond acceptors (Lipinski definition) is 6. The smallest absolute Gasteiger partial charge is 0.267 e. The minimum absolute atomic E-state index is 0.0425. The molecule has 2 fully saturated rings. The predicted molar refractivity (Wildman–Crippen MR) is 90.6 cm³/mol. The van der Waals surface area contributed by atoms with Crippen molar-refractivity contribution in [2.24, 2.45) is 17.8 Å². The molecule has 25 heavy (non-hydrogen) atoms. The summed E-state index contributed by atoms with van der Waals surface area (Å²) < 4.78 is 32.9. The zero-order chi connectivity index (χ0) is 17.9. The number of rotatable bonds is 8. The fourth-order valence-corrected chi connectivity index (χ4v) is 5.01. The van der Waals surface area contributed by atoms with Crippen LogP contribution in [-0.4, -0.2) is 38.6 Å². The first kappa shape index (κ1) is 19.4. The van der Waals surface area contributed by atoms with E-state index in [2.05, 4.69) is 11.8 Å². The molecule has 0 aromatic heterocycles. The quantitative estimate of drug-likeness (QED) is 0.482. The third kappa shape index (κ3) is 5.29. The summed E-state index contributed by atoms with van der Waals surface area (Å²) in [6, 6.07) is 0. The van der Waals surface area contributed by atoms with Gasteiger partial charge in [0.05, 0.1) is 25.4 Å². The highest BCUT2D eigenvalue weighted by molar-refractivity contribution is 7.45. The van der Waals surface area contributed by atoms with E-state index in [0.29, 0.717) is 17.8 Å². The molecule has 3 unspecified atom stereocenters. The van der Waals surface area contributed by atoms with Crippen LogP contribution in [0.4, 0.5) is 0 Å².